The highest BCUT2D eigenvalue weighted by Gasteiger charge is 2.27. The maximum Gasteiger partial charge on any atom is 0.270 e. The second-order valence-electron chi connectivity index (χ2n) is 6.25. The molecule has 2 aromatic rings. The molecule has 3 rings (SSSR count). The molecule has 1 saturated heterocycles. The lowest BCUT2D eigenvalue weighted by atomic mass is 9.92. The largest absolute Gasteiger partial charge is 0.337 e. The van der Waals surface area contributed by atoms with Gasteiger partial charge >= 0.3 is 0 Å². The number of nitro benzene ring substituents is 1. The highest BCUT2D eigenvalue weighted by Crippen LogP contribution is 2.31. The van der Waals surface area contributed by atoms with Gasteiger partial charge in [-0.05, 0) is 30.4 Å². The van der Waals surface area contributed by atoms with E-state index in [1.165, 1.54) is 23.5 Å². The standard InChI is InChI=1S/C16H18N2O3S/c1-10-5-11(2)9-17(8-10)16(19)15-7-12-6-13(18(20)21)3-4-14(12)22-15/h3-4,6-7,10-11H,5,8-9H2,1-2H3/t10-,11+. The van der Waals surface area contributed by atoms with Gasteiger partial charge in [-0.25, -0.2) is 0 Å². The van der Waals surface area contributed by atoms with Crippen molar-refractivity contribution < 1.29 is 9.72 Å². The molecule has 1 aromatic carbocycles. The molecule has 0 aliphatic carbocycles. The van der Waals surface area contributed by atoms with Gasteiger partial charge in [-0.2, -0.15) is 0 Å². The Morgan fingerprint density at radius 2 is 1.95 bits per heavy atom. The average molecular weight is 318 g/mol. The van der Waals surface area contributed by atoms with Crippen molar-refractivity contribution in [3.05, 3.63) is 39.3 Å². The Morgan fingerprint density at radius 3 is 2.59 bits per heavy atom. The number of likely N-dealkylation sites (tertiary alicyclic amines) is 1. The Hall–Kier alpha value is -1.95. The highest BCUT2D eigenvalue weighted by atomic mass is 32.1. The molecule has 1 amide bonds. The third-order valence-electron chi connectivity index (χ3n) is 4.08. The normalized spacial score (nSPS) is 22.0. The summed E-state index contributed by atoms with van der Waals surface area (Å²) in [6.07, 6.45) is 1.16. The Bertz CT molecular complexity index is 730. The van der Waals surface area contributed by atoms with E-state index in [-0.39, 0.29) is 11.6 Å². The summed E-state index contributed by atoms with van der Waals surface area (Å²) in [5.41, 5.74) is 0.0597. The minimum Gasteiger partial charge on any atom is -0.337 e. The Kier molecular flexibility index (Phi) is 3.87. The van der Waals surface area contributed by atoms with Gasteiger partial charge in [-0.15, -0.1) is 11.3 Å². The van der Waals surface area contributed by atoms with E-state index in [9.17, 15) is 14.9 Å². The van der Waals surface area contributed by atoms with Crippen LogP contribution in [0.3, 0.4) is 0 Å². The van der Waals surface area contributed by atoms with Crippen LogP contribution in [0.5, 0.6) is 0 Å². The van der Waals surface area contributed by atoms with E-state index in [4.69, 9.17) is 0 Å². The van der Waals surface area contributed by atoms with Gasteiger partial charge < -0.3 is 4.90 Å². The third-order valence-corrected chi connectivity index (χ3v) is 5.18. The predicted molar refractivity (Wildman–Crippen MR) is 87.3 cm³/mol. The van der Waals surface area contributed by atoms with E-state index < -0.39 is 4.92 Å². The maximum atomic E-state index is 12.7. The van der Waals surface area contributed by atoms with Crippen molar-refractivity contribution in [3.8, 4) is 0 Å². The fourth-order valence-corrected chi connectivity index (χ4v) is 4.25. The van der Waals surface area contributed by atoms with Crippen LogP contribution >= 0.6 is 11.3 Å². The molecule has 0 saturated carbocycles. The number of fused-ring (bicyclic) bond motifs is 1. The second-order valence-corrected chi connectivity index (χ2v) is 7.33. The zero-order valence-corrected chi connectivity index (χ0v) is 13.4. The van der Waals surface area contributed by atoms with Gasteiger partial charge in [0, 0.05) is 35.3 Å². The maximum absolute atomic E-state index is 12.7. The molecule has 1 aliphatic rings. The van der Waals surface area contributed by atoms with E-state index in [0.717, 1.165) is 29.6 Å². The highest BCUT2D eigenvalue weighted by molar-refractivity contribution is 7.20. The minimum atomic E-state index is -0.410. The molecule has 0 N–H and O–H groups in total. The van der Waals surface area contributed by atoms with Gasteiger partial charge in [-0.3, -0.25) is 14.9 Å². The minimum absolute atomic E-state index is 0.0438. The van der Waals surface area contributed by atoms with Gasteiger partial charge in [-0.1, -0.05) is 13.8 Å². The Balaban J connectivity index is 1.89. The summed E-state index contributed by atoms with van der Waals surface area (Å²) in [5, 5.41) is 11.6. The molecule has 1 fully saturated rings. The van der Waals surface area contributed by atoms with Crippen LogP contribution in [0.1, 0.15) is 29.9 Å². The molecule has 6 heteroatoms. The molecule has 0 bridgehead atoms. The van der Waals surface area contributed by atoms with Crippen LogP contribution < -0.4 is 0 Å². The summed E-state index contributed by atoms with van der Waals surface area (Å²) < 4.78 is 0.909. The number of piperidine rings is 1. The van der Waals surface area contributed by atoms with Crippen LogP contribution in [0.25, 0.3) is 10.1 Å². The number of hydrogen-bond donors (Lipinski definition) is 0. The number of carbonyl (C=O) groups excluding carboxylic acids is 1. The van der Waals surface area contributed by atoms with Crippen LogP contribution in [0.4, 0.5) is 5.69 Å². The molecule has 2 atom stereocenters. The molecule has 1 aliphatic heterocycles. The predicted octanol–water partition coefficient (Wildman–Crippen LogP) is 3.93. The molecule has 116 valence electrons. The first-order chi connectivity index (χ1) is 10.4. The summed E-state index contributed by atoms with van der Waals surface area (Å²) in [5.74, 6) is 1.08. The number of hydrogen-bond acceptors (Lipinski definition) is 4. The topological polar surface area (TPSA) is 63.5 Å². The lowest BCUT2D eigenvalue weighted by Crippen LogP contribution is -2.42. The van der Waals surface area contributed by atoms with Crippen LogP contribution in [0.2, 0.25) is 0 Å². The molecule has 22 heavy (non-hydrogen) atoms. The molecule has 0 spiro atoms. The van der Waals surface area contributed by atoms with Gasteiger partial charge in [0.2, 0.25) is 0 Å². The second kappa shape index (κ2) is 5.68. The zero-order valence-electron chi connectivity index (χ0n) is 12.6. The summed E-state index contributed by atoms with van der Waals surface area (Å²) in [7, 11) is 0. The van der Waals surface area contributed by atoms with E-state index in [1.54, 1.807) is 12.1 Å². The zero-order chi connectivity index (χ0) is 15.9. The number of amides is 1. The average Bonchev–Trinajstić information content (AvgIpc) is 2.88. The van der Waals surface area contributed by atoms with Gasteiger partial charge in [0.05, 0.1) is 9.80 Å². The van der Waals surface area contributed by atoms with E-state index in [0.29, 0.717) is 16.7 Å². The van der Waals surface area contributed by atoms with Crippen molar-refractivity contribution >= 4 is 33.0 Å². The summed E-state index contributed by atoms with van der Waals surface area (Å²) in [4.78, 5) is 25.7. The monoisotopic (exact) mass is 318 g/mol. The van der Waals surface area contributed by atoms with Gasteiger partial charge in [0.15, 0.2) is 0 Å². The molecule has 2 heterocycles. The van der Waals surface area contributed by atoms with Crippen LogP contribution in [0, 0.1) is 22.0 Å². The first-order valence-corrected chi connectivity index (χ1v) is 8.23. The van der Waals surface area contributed by atoms with Crippen molar-refractivity contribution in [1.82, 2.24) is 4.90 Å². The van der Waals surface area contributed by atoms with E-state index in [2.05, 4.69) is 13.8 Å². The first kappa shape index (κ1) is 15.0. The molecule has 5 nitrogen and oxygen atoms in total. The lowest BCUT2D eigenvalue weighted by molar-refractivity contribution is -0.384. The number of nitrogens with zero attached hydrogens (tertiary/aromatic N) is 2. The molecule has 0 unspecified atom stereocenters. The van der Waals surface area contributed by atoms with Crippen molar-refractivity contribution in [2.75, 3.05) is 13.1 Å². The summed E-state index contributed by atoms with van der Waals surface area (Å²) >= 11 is 1.41. The molecular weight excluding hydrogens is 300 g/mol. The number of benzene rings is 1. The fourth-order valence-electron chi connectivity index (χ4n) is 3.23. The van der Waals surface area contributed by atoms with Crippen LogP contribution in [-0.4, -0.2) is 28.8 Å². The molecule has 1 aromatic heterocycles. The number of carbonyl (C=O) groups is 1. The number of nitro groups is 1. The van der Waals surface area contributed by atoms with Crippen LogP contribution in [-0.2, 0) is 0 Å². The van der Waals surface area contributed by atoms with Crippen molar-refractivity contribution in [2.24, 2.45) is 11.8 Å². The van der Waals surface area contributed by atoms with Crippen molar-refractivity contribution in [1.29, 1.82) is 0 Å². The van der Waals surface area contributed by atoms with Crippen LogP contribution in [0.15, 0.2) is 24.3 Å². The summed E-state index contributed by atoms with van der Waals surface area (Å²) in [6, 6.07) is 6.51. The van der Waals surface area contributed by atoms with Crippen molar-refractivity contribution in [2.45, 2.75) is 20.3 Å². The molecule has 0 radical (unpaired) electrons. The third kappa shape index (κ3) is 2.83. The molecular formula is C16H18N2O3S. The lowest BCUT2D eigenvalue weighted by Gasteiger charge is -2.34. The Morgan fingerprint density at radius 1 is 1.27 bits per heavy atom. The van der Waals surface area contributed by atoms with E-state index in [1.807, 2.05) is 4.90 Å². The Labute approximate surface area is 132 Å². The summed E-state index contributed by atoms with van der Waals surface area (Å²) in [6.45, 7) is 5.92. The fraction of sp³-hybridized carbons (Fsp3) is 0.438. The first-order valence-electron chi connectivity index (χ1n) is 7.41. The van der Waals surface area contributed by atoms with Gasteiger partial charge in [0.1, 0.15) is 0 Å². The van der Waals surface area contributed by atoms with Gasteiger partial charge in [0.25, 0.3) is 11.6 Å². The van der Waals surface area contributed by atoms with E-state index >= 15 is 0 Å². The number of rotatable bonds is 2. The quantitative estimate of drug-likeness (QED) is 0.622. The number of non-ortho nitro benzene ring substituents is 1. The smallest absolute Gasteiger partial charge is 0.270 e. The van der Waals surface area contributed by atoms with Crippen molar-refractivity contribution in [3.63, 3.8) is 0 Å². The SMILES string of the molecule is C[C@@H]1C[C@H](C)CN(C(=O)c2cc3cc([N+](=O)[O-])ccc3s2)C1. The number of thiophene rings is 1.